The molecule has 276 valence electrons. The summed E-state index contributed by atoms with van der Waals surface area (Å²) in [5, 5.41) is 12.3. The van der Waals surface area contributed by atoms with E-state index in [0.29, 0.717) is 18.0 Å². The summed E-state index contributed by atoms with van der Waals surface area (Å²) in [7, 11) is 1.79. The lowest BCUT2D eigenvalue weighted by Gasteiger charge is -2.37. The third kappa shape index (κ3) is 7.22. The van der Waals surface area contributed by atoms with Crippen molar-refractivity contribution in [3.63, 3.8) is 0 Å². The number of piperidine rings is 2. The number of hydrogen-bond acceptors (Lipinski definition) is 7. The van der Waals surface area contributed by atoms with Crippen LogP contribution < -0.4 is 16.3 Å². The van der Waals surface area contributed by atoms with Crippen molar-refractivity contribution < 1.29 is 30.4 Å². The zero-order valence-corrected chi connectivity index (χ0v) is 28.6. The fourth-order valence-corrected chi connectivity index (χ4v) is 7.43. The van der Waals surface area contributed by atoms with Crippen molar-refractivity contribution in [1.29, 1.82) is 0 Å². The molecule has 1 saturated carbocycles. The quantitative estimate of drug-likeness (QED) is 0.182. The summed E-state index contributed by atoms with van der Waals surface area (Å²) in [5.74, 6) is -0.0358. The molecule has 2 saturated heterocycles. The topological polar surface area (TPSA) is 147 Å². The molecule has 2 aromatic carbocycles. The van der Waals surface area contributed by atoms with Gasteiger partial charge in [0.25, 0.3) is 5.91 Å². The minimum atomic E-state index is -4.59. The number of imide groups is 1. The summed E-state index contributed by atoms with van der Waals surface area (Å²) in [6.07, 6.45) is 3.98. The van der Waals surface area contributed by atoms with E-state index in [1.165, 1.54) is 37.4 Å². The number of aryl methyl sites for hydroxylation is 1. The Morgan fingerprint density at radius 2 is 1.77 bits per heavy atom. The van der Waals surface area contributed by atoms with Crippen LogP contribution in [0.4, 0.5) is 18.9 Å². The van der Waals surface area contributed by atoms with Gasteiger partial charge in [-0.25, -0.2) is 9.78 Å². The first-order valence-electron chi connectivity index (χ1n) is 17.5. The van der Waals surface area contributed by atoms with Crippen molar-refractivity contribution in [1.82, 2.24) is 34.5 Å². The number of alkyl halides is 3. The van der Waals surface area contributed by atoms with Crippen molar-refractivity contribution in [2.24, 2.45) is 13.0 Å². The molecule has 0 bridgehead atoms. The fraction of sp³-hybridized carbons (Fsp3) is 0.405. The van der Waals surface area contributed by atoms with Crippen molar-refractivity contribution in [3.05, 3.63) is 88.2 Å². The SMILES string of the molecule is Cn1c(=O)n(C2CCC(=O)NC2=O)c2cccc(C3CCN(CC4CCC4)CC3)c21.O=C(Nc1ccc2[nH]ncc2c1)c1cccc(C(F)(F)F)n1.[HH].[HH]. The van der Waals surface area contributed by atoms with E-state index in [1.807, 2.05) is 12.1 Å². The molecule has 1 atom stereocenters. The van der Waals surface area contributed by atoms with Gasteiger partial charge < -0.3 is 10.2 Å². The third-order valence-corrected chi connectivity index (χ3v) is 10.4. The largest absolute Gasteiger partial charge is 0.433 e. The van der Waals surface area contributed by atoms with Gasteiger partial charge in [0.05, 0.1) is 22.7 Å². The van der Waals surface area contributed by atoms with Gasteiger partial charge in [0.2, 0.25) is 11.8 Å². The number of anilines is 1. The normalized spacial score (nSPS) is 18.9. The van der Waals surface area contributed by atoms with Gasteiger partial charge in [-0.1, -0.05) is 24.6 Å². The maximum atomic E-state index is 13.1. The smallest absolute Gasteiger partial charge is 0.321 e. The van der Waals surface area contributed by atoms with Gasteiger partial charge in [-0.2, -0.15) is 18.3 Å². The lowest BCUT2D eigenvalue weighted by molar-refractivity contribution is -0.141. The summed E-state index contributed by atoms with van der Waals surface area (Å²) in [6.45, 7) is 3.46. The van der Waals surface area contributed by atoms with Gasteiger partial charge in [0.15, 0.2) is 0 Å². The number of likely N-dealkylation sites (tertiary alicyclic amines) is 1. The number of hydrogen-bond donors (Lipinski definition) is 3. The number of nitrogens with zero attached hydrogens (tertiary/aromatic N) is 5. The van der Waals surface area contributed by atoms with Gasteiger partial charge in [0.1, 0.15) is 17.4 Å². The number of imidazole rings is 1. The molecule has 15 heteroatoms. The average Bonchev–Trinajstić information content (AvgIpc) is 3.68. The van der Waals surface area contributed by atoms with E-state index in [1.54, 1.807) is 40.6 Å². The molecule has 1 aliphatic carbocycles. The van der Waals surface area contributed by atoms with Crippen LogP contribution in [-0.2, 0) is 22.8 Å². The van der Waals surface area contributed by atoms with Crippen LogP contribution in [-0.4, -0.2) is 66.6 Å². The Hall–Kier alpha value is -5.31. The Morgan fingerprint density at radius 3 is 2.48 bits per heavy atom. The molecule has 8 rings (SSSR count). The predicted octanol–water partition coefficient (Wildman–Crippen LogP) is 6.02. The van der Waals surface area contributed by atoms with E-state index in [0.717, 1.165) is 65.9 Å². The maximum absolute atomic E-state index is 13.1. The van der Waals surface area contributed by atoms with Gasteiger partial charge >= 0.3 is 11.9 Å². The average molecular weight is 721 g/mol. The zero-order valence-electron chi connectivity index (χ0n) is 28.6. The molecule has 0 radical (unpaired) electrons. The molecule has 3 aliphatic rings. The molecular formula is C37H43F3N8O4. The molecule has 2 aliphatic heterocycles. The van der Waals surface area contributed by atoms with Crippen molar-refractivity contribution in [2.75, 3.05) is 25.0 Å². The second kappa shape index (κ2) is 14.4. The van der Waals surface area contributed by atoms with Crippen LogP contribution in [0, 0.1) is 5.92 Å². The number of aromatic nitrogens is 5. The van der Waals surface area contributed by atoms with Gasteiger partial charge in [0, 0.05) is 33.9 Å². The van der Waals surface area contributed by atoms with Crippen LogP contribution in [0.5, 0.6) is 0 Å². The van der Waals surface area contributed by atoms with Crippen LogP contribution in [0.25, 0.3) is 21.9 Å². The molecule has 5 heterocycles. The summed E-state index contributed by atoms with van der Waals surface area (Å²) in [4.78, 5) is 55.1. The van der Waals surface area contributed by atoms with Crippen molar-refractivity contribution in [3.8, 4) is 0 Å². The monoisotopic (exact) mass is 720 g/mol. The van der Waals surface area contributed by atoms with Crippen LogP contribution in [0.15, 0.2) is 65.6 Å². The van der Waals surface area contributed by atoms with E-state index in [9.17, 15) is 32.3 Å². The molecular weight excluding hydrogens is 677 g/mol. The Morgan fingerprint density at radius 1 is 1.00 bits per heavy atom. The van der Waals surface area contributed by atoms with Crippen LogP contribution in [0.2, 0.25) is 0 Å². The first-order valence-corrected chi connectivity index (χ1v) is 17.5. The molecule has 3 N–H and O–H groups in total. The Kier molecular flexibility index (Phi) is 9.70. The molecule has 1 unspecified atom stereocenters. The highest BCUT2D eigenvalue weighted by Gasteiger charge is 2.34. The highest BCUT2D eigenvalue weighted by atomic mass is 19.4. The number of fused-ring (bicyclic) bond motifs is 2. The number of amides is 3. The van der Waals surface area contributed by atoms with Gasteiger partial charge in [-0.3, -0.25) is 33.9 Å². The first kappa shape index (κ1) is 35.1. The minimum absolute atomic E-state index is 0. The molecule has 3 amide bonds. The molecule has 52 heavy (non-hydrogen) atoms. The lowest BCUT2D eigenvalue weighted by atomic mass is 9.83. The van der Waals surface area contributed by atoms with E-state index in [2.05, 4.69) is 36.8 Å². The first-order chi connectivity index (χ1) is 25.0. The van der Waals surface area contributed by atoms with E-state index >= 15 is 0 Å². The number of carbonyl (C=O) groups excluding carboxylic acids is 3. The standard InChI is InChI=1S/C23H30N4O3.C14H9F3N4O.2H2/c1-25-21-17(16-10-12-26(13-11-16)14-15-4-2-5-15)6-3-7-18(21)27(23(25)30)19-8-9-20(28)24-22(19)29;15-14(16,17)12-3-1-2-11(20-12)13(22)19-9-4-5-10-8(6-9)7-18-21-10;;/h3,6-7,15-16,19H,2,4-5,8-14H2,1H3,(H,24,28,29);1-7H,(H,18,21)(H,19,22);2*1H. The Balaban J connectivity index is 0.000000209. The second-order valence-corrected chi connectivity index (χ2v) is 13.8. The second-order valence-electron chi connectivity index (χ2n) is 13.8. The predicted molar refractivity (Wildman–Crippen MR) is 192 cm³/mol. The summed E-state index contributed by atoms with van der Waals surface area (Å²) < 4.78 is 41.1. The van der Waals surface area contributed by atoms with E-state index in [4.69, 9.17) is 0 Å². The lowest BCUT2D eigenvalue weighted by Crippen LogP contribution is -2.44. The molecule has 3 fully saturated rings. The number of carbonyl (C=O) groups is 3. The van der Waals surface area contributed by atoms with Crippen LogP contribution >= 0.6 is 0 Å². The molecule has 3 aromatic heterocycles. The van der Waals surface area contributed by atoms with Crippen LogP contribution in [0.1, 0.15) is 81.5 Å². The number of H-pyrrole nitrogens is 1. The number of benzene rings is 2. The summed E-state index contributed by atoms with van der Waals surface area (Å²) in [6, 6.07) is 13.6. The number of para-hydroxylation sites is 1. The van der Waals surface area contributed by atoms with E-state index in [-0.39, 0.29) is 32.5 Å². The highest BCUT2D eigenvalue weighted by Crippen LogP contribution is 2.36. The number of aromatic amines is 1. The fourth-order valence-electron chi connectivity index (χ4n) is 7.43. The zero-order chi connectivity index (χ0) is 36.6. The summed E-state index contributed by atoms with van der Waals surface area (Å²) in [5.41, 5.74) is 2.58. The number of nitrogens with one attached hydrogen (secondary N) is 3. The Labute approximate surface area is 299 Å². The maximum Gasteiger partial charge on any atom is 0.433 e. The van der Waals surface area contributed by atoms with Gasteiger partial charge in [-0.05, 0) is 99.0 Å². The summed E-state index contributed by atoms with van der Waals surface area (Å²) >= 11 is 0. The molecule has 5 aromatic rings. The minimum Gasteiger partial charge on any atom is -0.321 e. The van der Waals surface area contributed by atoms with Crippen molar-refractivity contribution >= 4 is 45.3 Å². The molecule has 12 nitrogen and oxygen atoms in total. The number of rotatable bonds is 6. The van der Waals surface area contributed by atoms with E-state index < -0.39 is 23.8 Å². The van der Waals surface area contributed by atoms with Crippen LogP contribution in [0.3, 0.4) is 0 Å². The number of halogens is 3. The van der Waals surface area contributed by atoms with Gasteiger partial charge in [-0.15, -0.1) is 0 Å². The highest BCUT2D eigenvalue weighted by molar-refractivity contribution is 6.04. The molecule has 0 spiro atoms. The van der Waals surface area contributed by atoms with Crippen molar-refractivity contribution in [2.45, 2.75) is 63.1 Å². The Bertz CT molecular complexity index is 2210. The number of pyridine rings is 1. The third-order valence-electron chi connectivity index (χ3n) is 10.4.